The molecule has 0 bridgehead atoms. The molecule has 0 amide bonds. The van der Waals surface area contributed by atoms with Crippen LogP contribution in [0.25, 0.3) is 0 Å². The van der Waals surface area contributed by atoms with Crippen LogP contribution in [0.1, 0.15) is 11.1 Å². The lowest BCUT2D eigenvalue weighted by molar-refractivity contribution is 0.233. The van der Waals surface area contributed by atoms with Crippen molar-refractivity contribution in [2.45, 2.75) is 19.1 Å². The summed E-state index contributed by atoms with van der Waals surface area (Å²) < 4.78 is 5.96. The molecular weight excluding hydrogens is 286 g/mol. The average Bonchev–Trinajstić information content (AvgIpc) is 2.99. The number of para-hydroxylation sites is 1. The quantitative estimate of drug-likeness (QED) is 0.697. The van der Waals surface area contributed by atoms with Crippen LogP contribution in [0.2, 0.25) is 0 Å². The Balaban J connectivity index is 1.52. The zero-order valence-corrected chi connectivity index (χ0v) is 13.7. The van der Waals surface area contributed by atoms with E-state index in [-0.39, 0.29) is 6.10 Å². The van der Waals surface area contributed by atoms with Gasteiger partial charge in [0.1, 0.15) is 11.9 Å². The van der Waals surface area contributed by atoms with Gasteiger partial charge in [-0.15, -0.1) is 0 Å². The summed E-state index contributed by atoms with van der Waals surface area (Å²) in [5.74, 6) is 1.89. The molecule has 23 heavy (non-hydrogen) atoms. The lowest BCUT2D eigenvalue weighted by atomic mass is 10.1. The van der Waals surface area contributed by atoms with E-state index in [1.54, 1.807) is 0 Å². The summed E-state index contributed by atoms with van der Waals surface area (Å²) in [6.45, 7) is 1.58. The summed E-state index contributed by atoms with van der Waals surface area (Å²) >= 11 is 0. The number of hydrogen-bond acceptors (Lipinski definition) is 2. The molecule has 3 rings (SSSR count). The molecular formula is C19H23N3O. The highest BCUT2D eigenvalue weighted by Crippen LogP contribution is 2.27. The highest BCUT2D eigenvalue weighted by atomic mass is 16.5. The van der Waals surface area contributed by atoms with Gasteiger partial charge in [0.25, 0.3) is 0 Å². The van der Waals surface area contributed by atoms with E-state index in [1.165, 1.54) is 11.1 Å². The van der Waals surface area contributed by atoms with Gasteiger partial charge >= 0.3 is 0 Å². The van der Waals surface area contributed by atoms with Crippen molar-refractivity contribution in [3.8, 4) is 5.75 Å². The second kappa shape index (κ2) is 7.18. The molecule has 1 atom stereocenters. The van der Waals surface area contributed by atoms with Crippen LogP contribution in [-0.2, 0) is 13.0 Å². The molecule has 1 aliphatic rings. The van der Waals surface area contributed by atoms with E-state index in [4.69, 9.17) is 4.74 Å². The maximum atomic E-state index is 5.96. The lowest BCUT2D eigenvalue weighted by Crippen LogP contribution is -2.42. The van der Waals surface area contributed by atoms with Crippen molar-refractivity contribution in [2.75, 3.05) is 20.6 Å². The Bertz CT molecular complexity index is 644. The van der Waals surface area contributed by atoms with E-state index in [1.807, 2.05) is 32.3 Å². The first-order chi connectivity index (χ1) is 11.3. The SMILES string of the molecule is CN=C(NCC1Cc2ccccc2O1)N(C)Cc1ccccc1. The molecule has 1 unspecified atom stereocenters. The van der Waals surface area contributed by atoms with Crippen molar-refractivity contribution >= 4 is 5.96 Å². The first-order valence-electron chi connectivity index (χ1n) is 7.96. The number of guanidine groups is 1. The van der Waals surface area contributed by atoms with Crippen LogP contribution in [0.15, 0.2) is 59.6 Å². The molecule has 0 aromatic heterocycles. The third-order valence-electron chi connectivity index (χ3n) is 4.04. The smallest absolute Gasteiger partial charge is 0.193 e. The first-order valence-corrected chi connectivity index (χ1v) is 7.96. The summed E-state index contributed by atoms with van der Waals surface area (Å²) in [5, 5.41) is 3.42. The minimum absolute atomic E-state index is 0.161. The second-order valence-corrected chi connectivity index (χ2v) is 5.82. The normalized spacial score (nSPS) is 16.6. The van der Waals surface area contributed by atoms with Gasteiger partial charge in [0, 0.05) is 27.1 Å². The van der Waals surface area contributed by atoms with Crippen LogP contribution >= 0.6 is 0 Å². The maximum absolute atomic E-state index is 5.96. The van der Waals surface area contributed by atoms with Gasteiger partial charge in [0.05, 0.1) is 6.54 Å². The molecule has 120 valence electrons. The van der Waals surface area contributed by atoms with Gasteiger partial charge in [-0.1, -0.05) is 48.5 Å². The van der Waals surface area contributed by atoms with E-state index in [2.05, 4.69) is 51.6 Å². The number of aliphatic imine (C=N–C) groups is 1. The lowest BCUT2D eigenvalue weighted by Gasteiger charge is -2.23. The zero-order valence-electron chi connectivity index (χ0n) is 13.7. The molecule has 1 heterocycles. The van der Waals surface area contributed by atoms with Gasteiger partial charge in [0.15, 0.2) is 5.96 Å². The molecule has 0 fully saturated rings. The number of hydrogen-bond donors (Lipinski definition) is 1. The Labute approximate surface area is 137 Å². The molecule has 4 nitrogen and oxygen atoms in total. The van der Waals surface area contributed by atoms with Crippen molar-refractivity contribution in [1.82, 2.24) is 10.2 Å². The van der Waals surface area contributed by atoms with Crippen molar-refractivity contribution in [3.63, 3.8) is 0 Å². The minimum Gasteiger partial charge on any atom is -0.488 e. The Morgan fingerprint density at radius 2 is 1.91 bits per heavy atom. The second-order valence-electron chi connectivity index (χ2n) is 5.82. The molecule has 0 spiro atoms. The van der Waals surface area contributed by atoms with Gasteiger partial charge in [-0.2, -0.15) is 0 Å². The van der Waals surface area contributed by atoms with Crippen LogP contribution in [0, 0.1) is 0 Å². The molecule has 0 saturated heterocycles. The predicted octanol–water partition coefficient (Wildman–Crippen LogP) is 2.70. The van der Waals surface area contributed by atoms with Crippen LogP contribution < -0.4 is 10.1 Å². The number of fused-ring (bicyclic) bond motifs is 1. The molecule has 2 aromatic carbocycles. The van der Waals surface area contributed by atoms with Gasteiger partial charge in [-0.05, 0) is 17.2 Å². The standard InChI is InChI=1S/C19H23N3O/c1-20-19(22(2)14-15-8-4-3-5-9-15)21-13-17-12-16-10-6-7-11-18(16)23-17/h3-11,17H,12-14H2,1-2H3,(H,20,21). The minimum atomic E-state index is 0.161. The molecule has 2 aromatic rings. The summed E-state index contributed by atoms with van der Waals surface area (Å²) in [7, 11) is 3.86. The van der Waals surface area contributed by atoms with E-state index in [9.17, 15) is 0 Å². The van der Waals surface area contributed by atoms with Crippen LogP contribution in [0.3, 0.4) is 0 Å². The van der Waals surface area contributed by atoms with Crippen molar-refractivity contribution in [1.29, 1.82) is 0 Å². The molecule has 0 aliphatic carbocycles. The van der Waals surface area contributed by atoms with Crippen LogP contribution in [-0.4, -0.2) is 37.6 Å². The topological polar surface area (TPSA) is 36.9 Å². The Kier molecular flexibility index (Phi) is 4.81. The first kappa shape index (κ1) is 15.4. The Morgan fingerprint density at radius 3 is 2.65 bits per heavy atom. The molecule has 0 radical (unpaired) electrons. The van der Waals surface area contributed by atoms with Crippen molar-refractivity contribution in [2.24, 2.45) is 4.99 Å². The number of rotatable bonds is 4. The number of ether oxygens (including phenoxy) is 1. The van der Waals surface area contributed by atoms with Crippen molar-refractivity contribution in [3.05, 3.63) is 65.7 Å². The van der Waals surface area contributed by atoms with E-state index >= 15 is 0 Å². The fourth-order valence-corrected chi connectivity index (χ4v) is 2.89. The van der Waals surface area contributed by atoms with Gasteiger partial charge in [-0.3, -0.25) is 4.99 Å². The number of nitrogens with zero attached hydrogens (tertiary/aromatic N) is 2. The molecule has 4 heteroatoms. The zero-order chi connectivity index (χ0) is 16.1. The summed E-state index contributed by atoms with van der Waals surface area (Å²) in [5.41, 5.74) is 2.55. The number of benzene rings is 2. The number of nitrogens with one attached hydrogen (secondary N) is 1. The van der Waals surface area contributed by atoms with Crippen LogP contribution in [0.4, 0.5) is 0 Å². The molecule has 1 N–H and O–H groups in total. The Hall–Kier alpha value is -2.49. The Morgan fingerprint density at radius 1 is 1.17 bits per heavy atom. The van der Waals surface area contributed by atoms with E-state index in [0.717, 1.165) is 31.2 Å². The third kappa shape index (κ3) is 3.83. The van der Waals surface area contributed by atoms with E-state index in [0.29, 0.717) is 0 Å². The summed E-state index contributed by atoms with van der Waals surface area (Å²) in [6, 6.07) is 18.6. The fraction of sp³-hybridized carbons (Fsp3) is 0.316. The van der Waals surface area contributed by atoms with Gasteiger partial charge in [-0.25, -0.2) is 0 Å². The third-order valence-corrected chi connectivity index (χ3v) is 4.04. The highest BCUT2D eigenvalue weighted by molar-refractivity contribution is 5.79. The van der Waals surface area contributed by atoms with E-state index < -0.39 is 0 Å². The average molecular weight is 309 g/mol. The summed E-state index contributed by atoms with van der Waals surface area (Å²) in [6.07, 6.45) is 1.11. The fourth-order valence-electron chi connectivity index (χ4n) is 2.89. The summed E-state index contributed by atoms with van der Waals surface area (Å²) in [4.78, 5) is 6.49. The molecule has 0 saturated carbocycles. The van der Waals surface area contributed by atoms with Gasteiger partial charge in [0.2, 0.25) is 0 Å². The largest absolute Gasteiger partial charge is 0.488 e. The molecule has 1 aliphatic heterocycles. The maximum Gasteiger partial charge on any atom is 0.193 e. The predicted molar refractivity (Wildman–Crippen MR) is 93.8 cm³/mol. The van der Waals surface area contributed by atoms with Crippen molar-refractivity contribution < 1.29 is 4.74 Å². The van der Waals surface area contributed by atoms with Crippen LogP contribution in [0.5, 0.6) is 5.75 Å². The van der Waals surface area contributed by atoms with Gasteiger partial charge < -0.3 is 15.0 Å². The highest BCUT2D eigenvalue weighted by Gasteiger charge is 2.22. The monoisotopic (exact) mass is 309 g/mol.